The number of hydrogen-bond donors (Lipinski definition) is 0. The molecule has 0 radical (unpaired) electrons. The van der Waals surface area contributed by atoms with Gasteiger partial charge in [-0.15, -0.1) is 0 Å². The third-order valence-corrected chi connectivity index (χ3v) is 6.95. The minimum absolute atomic E-state index is 0.0358. The van der Waals surface area contributed by atoms with E-state index in [1.54, 1.807) is 30.3 Å². The predicted octanol–water partition coefficient (Wildman–Crippen LogP) is 4.82. The van der Waals surface area contributed by atoms with E-state index in [2.05, 4.69) is 0 Å². The number of carbonyl (C=O) groups excluding carboxylic acids is 3. The second-order valence-electron chi connectivity index (χ2n) is 8.41. The van der Waals surface area contributed by atoms with Crippen LogP contribution in [-0.2, 0) is 20.9 Å². The van der Waals surface area contributed by atoms with Gasteiger partial charge in [-0.3, -0.25) is 14.4 Å². The van der Waals surface area contributed by atoms with Crippen LogP contribution in [0.15, 0.2) is 66.2 Å². The Morgan fingerprint density at radius 1 is 1.10 bits per heavy atom. The van der Waals surface area contributed by atoms with E-state index in [4.69, 9.17) is 4.74 Å². The first kappa shape index (κ1) is 20.6. The van der Waals surface area contributed by atoms with Gasteiger partial charge in [-0.05, 0) is 29.4 Å². The Morgan fingerprint density at radius 3 is 2.53 bits per heavy atom. The van der Waals surface area contributed by atoms with E-state index in [-0.39, 0.29) is 40.7 Å². The lowest BCUT2D eigenvalue weighted by atomic mass is 10.0. The van der Waals surface area contributed by atoms with E-state index in [1.165, 1.54) is 11.8 Å². The predicted molar refractivity (Wildman–Crippen MR) is 117 cm³/mol. The summed E-state index contributed by atoms with van der Waals surface area (Å²) in [6.45, 7) is 4.19. The molecule has 1 heterocycles. The zero-order valence-electron chi connectivity index (χ0n) is 17.1. The lowest BCUT2D eigenvalue weighted by Crippen LogP contribution is -2.11. The number of esters is 1. The van der Waals surface area contributed by atoms with Gasteiger partial charge in [-0.25, -0.2) is 0 Å². The average Bonchev–Trinajstić information content (AvgIpc) is 3.05. The van der Waals surface area contributed by atoms with E-state index in [1.807, 2.05) is 44.2 Å². The molecule has 0 aromatic heterocycles. The number of allylic oxidation sites excluding steroid dienone is 1. The van der Waals surface area contributed by atoms with Gasteiger partial charge in [-0.1, -0.05) is 80.2 Å². The van der Waals surface area contributed by atoms with E-state index in [0.717, 1.165) is 23.3 Å². The van der Waals surface area contributed by atoms with Crippen LogP contribution in [0.4, 0.5) is 0 Å². The zero-order chi connectivity index (χ0) is 21.3. The third kappa shape index (κ3) is 4.12. The van der Waals surface area contributed by atoms with Crippen molar-refractivity contribution in [3.63, 3.8) is 0 Å². The van der Waals surface area contributed by atoms with Gasteiger partial charge in [0.15, 0.2) is 5.78 Å². The summed E-state index contributed by atoms with van der Waals surface area (Å²) in [7, 11) is 0. The SMILES string of the molecule is CC1(C)[C@H](C(=O)OCc2cccc(C(=O)c3ccccc3)c2)[C@@H]1/C=C1\CCSC1=O. The molecule has 4 nitrogen and oxygen atoms in total. The van der Waals surface area contributed by atoms with Crippen LogP contribution in [0.5, 0.6) is 0 Å². The second kappa shape index (κ2) is 8.23. The molecule has 0 unspecified atom stereocenters. The van der Waals surface area contributed by atoms with Crippen LogP contribution < -0.4 is 0 Å². The van der Waals surface area contributed by atoms with Gasteiger partial charge in [0.1, 0.15) is 6.61 Å². The summed E-state index contributed by atoms with van der Waals surface area (Å²) in [4.78, 5) is 37.2. The zero-order valence-corrected chi connectivity index (χ0v) is 17.9. The monoisotopic (exact) mass is 420 g/mol. The fourth-order valence-corrected chi connectivity index (χ4v) is 4.92. The van der Waals surface area contributed by atoms with Crippen molar-refractivity contribution in [3.8, 4) is 0 Å². The van der Waals surface area contributed by atoms with E-state index < -0.39 is 0 Å². The molecule has 2 atom stereocenters. The molecule has 1 aliphatic heterocycles. The Kier molecular flexibility index (Phi) is 5.65. The summed E-state index contributed by atoms with van der Waals surface area (Å²) < 4.78 is 5.58. The maximum Gasteiger partial charge on any atom is 0.310 e. The van der Waals surface area contributed by atoms with Crippen LogP contribution in [0, 0.1) is 17.3 Å². The highest BCUT2D eigenvalue weighted by Gasteiger charge is 2.61. The molecular weight excluding hydrogens is 396 g/mol. The standard InChI is InChI=1S/C25H24O4S/c1-25(2)20(14-19-11-12-30-24(19)28)21(25)23(27)29-15-16-7-6-10-18(13-16)22(26)17-8-4-3-5-9-17/h3-10,13-14,20-21H,11-12,15H2,1-2H3/b19-14+/t20-,21-/m0/s1. The van der Waals surface area contributed by atoms with E-state index in [0.29, 0.717) is 11.1 Å². The highest BCUT2D eigenvalue weighted by atomic mass is 32.2. The normalized spacial score (nSPS) is 23.4. The molecule has 2 aliphatic rings. The maximum absolute atomic E-state index is 12.7. The van der Waals surface area contributed by atoms with Crippen LogP contribution in [0.3, 0.4) is 0 Å². The molecular formula is C25H24O4S. The summed E-state index contributed by atoms with van der Waals surface area (Å²) in [5, 5.41) is 0.129. The molecule has 2 aromatic rings. The first-order chi connectivity index (χ1) is 14.4. The number of benzene rings is 2. The van der Waals surface area contributed by atoms with Crippen molar-refractivity contribution in [2.24, 2.45) is 17.3 Å². The van der Waals surface area contributed by atoms with Crippen LogP contribution in [0.1, 0.15) is 41.8 Å². The molecule has 0 amide bonds. The van der Waals surface area contributed by atoms with Gasteiger partial charge >= 0.3 is 5.97 Å². The summed E-state index contributed by atoms with van der Waals surface area (Å²) in [6, 6.07) is 16.3. The molecule has 0 spiro atoms. The second-order valence-corrected chi connectivity index (χ2v) is 9.47. The van der Waals surface area contributed by atoms with Crippen LogP contribution in [-0.4, -0.2) is 22.6 Å². The van der Waals surface area contributed by atoms with E-state index in [9.17, 15) is 14.4 Å². The van der Waals surface area contributed by atoms with Gasteiger partial charge in [-0.2, -0.15) is 0 Å². The topological polar surface area (TPSA) is 60.4 Å². The molecule has 0 bridgehead atoms. The molecule has 30 heavy (non-hydrogen) atoms. The molecule has 1 saturated carbocycles. The van der Waals surface area contributed by atoms with Crippen molar-refractivity contribution >= 4 is 28.6 Å². The molecule has 0 N–H and O–H groups in total. The van der Waals surface area contributed by atoms with Crippen molar-refractivity contribution in [2.75, 3.05) is 5.75 Å². The molecule has 1 saturated heterocycles. The quantitative estimate of drug-likeness (QED) is 0.381. The average molecular weight is 421 g/mol. The van der Waals surface area contributed by atoms with Crippen molar-refractivity contribution in [3.05, 3.63) is 82.9 Å². The number of ether oxygens (including phenoxy) is 1. The summed E-state index contributed by atoms with van der Waals surface area (Å²) in [5.74, 6) is 0.314. The Hall–Kier alpha value is -2.66. The molecule has 5 heteroatoms. The Labute approximate surface area is 180 Å². The lowest BCUT2D eigenvalue weighted by molar-refractivity contribution is -0.147. The first-order valence-corrected chi connectivity index (χ1v) is 11.1. The molecule has 154 valence electrons. The van der Waals surface area contributed by atoms with Crippen LogP contribution in [0.25, 0.3) is 0 Å². The summed E-state index contributed by atoms with van der Waals surface area (Å²) >= 11 is 1.34. The van der Waals surface area contributed by atoms with Crippen molar-refractivity contribution < 1.29 is 19.1 Å². The number of hydrogen-bond acceptors (Lipinski definition) is 5. The number of rotatable bonds is 6. The van der Waals surface area contributed by atoms with Gasteiger partial charge in [0.25, 0.3) is 0 Å². The molecule has 1 aliphatic carbocycles. The largest absolute Gasteiger partial charge is 0.461 e. The van der Waals surface area contributed by atoms with Crippen molar-refractivity contribution in [2.45, 2.75) is 26.9 Å². The minimum Gasteiger partial charge on any atom is -0.461 e. The Balaban J connectivity index is 1.40. The first-order valence-electron chi connectivity index (χ1n) is 10.1. The fraction of sp³-hybridized carbons (Fsp3) is 0.320. The van der Waals surface area contributed by atoms with Gasteiger partial charge in [0, 0.05) is 22.5 Å². The van der Waals surface area contributed by atoms with E-state index >= 15 is 0 Å². The highest BCUT2D eigenvalue weighted by Crippen LogP contribution is 2.60. The summed E-state index contributed by atoms with van der Waals surface area (Å²) in [5.41, 5.74) is 2.60. The number of ketones is 1. The van der Waals surface area contributed by atoms with Crippen LogP contribution >= 0.6 is 11.8 Å². The van der Waals surface area contributed by atoms with Crippen LogP contribution in [0.2, 0.25) is 0 Å². The lowest BCUT2D eigenvalue weighted by Gasteiger charge is -2.08. The molecule has 4 rings (SSSR count). The van der Waals surface area contributed by atoms with Crippen molar-refractivity contribution in [1.29, 1.82) is 0 Å². The Bertz CT molecular complexity index is 1020. The number of carbonyl (C=O) groups is 3. The van der Waals surface area contributed by atoms with Gasteiger partial charge in [0.2, 0.25) is 5.12 Å². The molecule has 2 aromatic carbocycles. The highest BCUT2D eigenvalue weighted by molar-refractivity contribution is 8.14. The summed E-state index contributed by atoms with van der Waals surface area (Å²) in [6.07, 6.45) is 2.76. The van der Waals surface area contributed by atoms with Gasteiger partial charge < -0.3 is 4.74 Å². The van der Waals surface area contributed by atoms with Crippen molar-refractivity contribution in [1.82, 2.24) is 0 Å². The number of thioether (sulfide) groups is 1. The molecule has 2 fully saturated rings. The Morgan fingerprint density at radius 2 is 1.83 bits per heavy atom. The third-order valence-electron chi connectivity index (χ3n) is 6.02. The van der Waals surface area contributed by atoms with Gasteiger partial charge in [0.05, 0.1) is 5.92 Å². The smallest absolute Gasteiger partial charge is 0.310 e. The maximum atomic E-state index is 12.7. The minimum atomic E-state index is -0.250. The fourth-order valence-electron chi connectivity index (χ4n) is 4.06.